The largest absolute Gasteiger partial charge is 0.207 e. The number of halogens is 4. The zero-order valence-electron chi connectivity index (χ0n) is 5.37. The molecule has 0 radical (unpaired) electrons. The minimum absolute atomic E-state index is 0.0256. The maximum absolute atomic E-state index is 12.9. The van der Waals surface area contributed by atoms with Crippen molar-refractivity contribution in [1.29, 1.82) is 0 Å². The second-order valence-electron chi connectivity index (χ2n) is 1.99. The topological polar surface area (TPSA) is 0 Å². The third-order valence-corrected chi connectivity index (χ3v) is 2.08. The molecule has 1 aromatic rings. The second-order valence-corrected chi connectivity index (χ2v) is 3.12. The molecule has 0 N–H and O–H groups in total. The molecule has 0 aromatic heterocycles. The van der Waals surface area contributed by atoms with Gasteiger partial charge in [-0.05, 0) is 28.1 Å². The molecule has 0 heterocycles. The van der Waals surface area contributed by atoms with Crippen molar-refractivity contribution >= 4 is 27.5 Å². The Bertz CT molecular complexity index is 275. The standard InChI is InChI=1S/C7H4BrClF2/c8-6-2-5(10)1-4(3-9)7(6)11/h1-2H,3H2. The van der Waals surface area contributed by atoms with E-state index in [0.717, 1.165) is 12.1 Å². The van der Waals surface area contributed by atoms with Crippen LogP contribution >= 0.6 is 27.5 Å². The molecule has 0 aliphatic rings. The smallest absolute Gasteiger partial charge is 0.141 e. The number of hydrogen-bond donors (Lipinski definition) is 0. The van der Waals surface area contributed by atoms with E-state index in [4.69, 9.17) is 11.6 Å². The van der Waals surface area contributed by atoms with E-state index in [1.54, 1.807) is 0 Å². The maximum atomic E-state index is 12.9. The molecule has 0 aliphatic carbocycles. The van der Waals surface area contributed by atoms with E-state index in [9.17, 15) is 8.78 Å². The van der Waals surface area contributed by atoms with Crippen molar-refractivity contribution < 1.29 is 8.78 Å². The van der Waals surface area contributed by atoms with Gasteiger partial charge in [0.05, 0.1) is 10.4 Å². The quantitative estimate of drug-likeness (QED) is 0.522. The molecule has 0 atom stereocenters. The summed E-state index contributed by atoms with van der Waals surface area (Å²) in [5.41, 5.74) is 0.165. The van der Waals surface area contributed by atoms with Crippen LogP contribution in [0, 0.1) is 11.6 Å². The van der Waals surface area contributed by atoms with Gasteiger partial charge in [0.15, 0.2) is 0 Å². The summed E-state index contributed by atoms with van der Waals surface area (Å²) >= 11 is 8.21. The highest BCUT2D eigenvalue weighted by atomic mass is 79.9. The van der Waals surface area contributed by atoms with Gasteiger partial charge in [-0.3, -0.25) is 0 Å². The molecule has 4 heteroatoms. The van der Waals surface area contributed by atoms with Crippen LogP contribution in [0.3, 0.4) is 0 Å². The molecule has 0 bridgehead atoms. The molecule has 0 amide bonds. The van der Waals surface area contributed by atoms with Gasteiger partial charge >= 0.3 is 0 Å². The highest BCUT2D eigenvalue weighted by molar-refractivity contribution is 9.10. The van der Waals surface area contributed by atoms with E-state index in [1.165, 1.54) is 0 Å². The minimum Gasteiger partial charge on any atom is -0.207 e. The lowest BCUT2D eigenvalue weighted by Crippen LogP contribution is -1.89. The van der Waals surface area contributed by atoms with Crippen molar-refractivity contribution in [2.75, 3.05) is 0 Å². The van der Waals surface area contributed by atoms with Gasteiger partial charge in [0.2, 0.25) is 0 Å². The Morgan fingerprint density at radius 3 is 2.55 bits per heavy atom. The molecule has 1 rings (SSSR count). The molecule has 60 valence electrons. The van der Waals surface area contributed by atoms with Gasteiger partial charge in [0.1, 0.15) is 11.6 Å². The van der Waals surface area contributed by atoms with Gasteiger partial charge in [-0.25, -0.2) is 8.78 Å². The summed E-state index contributed by atoms with van der Waals surface area (Å²) in [6.07, 6.45) is 0. The molecule has 0 unspecified atom stereocenters. The first-order valence-electron chi connectivity index (χ1n) is 2.84. The monoisotopic (exact) mass is 240 g/mol. The fourth-order valence-electron chi connectivity index (χ4n) is 0.707. The fourth-order valence-corrected chi connectivity index (χ4v) is 1.37. The number of rotatable bonds is 1. The molecule has 0 saturated heterocycles. The average Bonchev–Trinajstić information content (AvgIpc) is 1.96. The molecule has 0 nitrogen and oxygen atoms in total. The van der Waals surface area contributed by atoms with E-state index < -0.39 is 11.6 Å². The van der Waals surface area contributed by atoms with Crippen molar-refractivity contribution in [3.05, 3.63) is 33.8 Å². The van der Waals surface area contributed by atoms with Crippen molar-refractivity contribution in [2.45, 2.75) is 5.88 Å². The summed E-state index contributed by atoms with van der Waals surface area (Å²) < 4.78 is 25.5. The van der Waals surface area contributed by atoms with E-state index in [1.807, 2.05) is 0 Å². The molecular weight excluding hydrogens is 237 g/mol. The zero-order valence-corrected chi connectivity index (χ0v) is 7.72. The first-order valence-corrected chi connectivity index (χ1v) is 4.17. The lowest BCUT2D eigenvalue weighted by atomic mass is 10.2. The van der Waals surface area contributed by atoms with Crippen LogP contribution in [-0.4, -0.2) is 0 Å². The number of alkyl halides is 1. The second kappa shape index (κ2) is 3.50. The fraction of sp³-hybridized carbons (Fsp3) is 0.143. The predicted molar refractivity (Wildman–Crippen MR) is 43.6 cm³/mol. The lowest BCUT2D eigenvalue weighted by Gasteiger charge is -2.00. The van der Waals surface area contributed by atoms with Crippen LogP contribution in [0.4, 0.5) is 8.78 Å². The maximum Gasteiger partial charge on any atom is 0.141 e. The zero-order chi connectivity index (χ0) is 8.43. The Morgan fingerprint density at radius 1 is 1.36 bits per heavy atom. The first kappa shape index (κ1) is 8.94. The SMILES string of the molecule is Fc1cc(Br)c(F)c(CCl)c1. The summed E-state index contributed by atoms with van der Waals surface area (Å²) in [4.78, 5) is 0. The summed E-state index contributed by atoms with van der Waals surface area (Å²) in [5.74, 6) is -1.02. The molecular formula is C7H4BrClF2. The van der Waals surface area contributed by atoms with E-state index in [0.29, 0.717) is 0 Å². The van der Waals surface area contributed by atoms with E-state index >= 15 is 0 Å². The van der Waals surface area contributed by atoms with Gasteiger partial charge < -0.3 is 0 Å². The van der Waals surface area contributed by atoms with Crippen LogP contribution in [-0.2, 0) is 5.88 Å². The van der Waals surface area contributed by atoms with Crippen LogP contribution in [0.15, 0.2) is 16.6 Å². The Kier molecular flexibility index (Phi) is 2.84. The summed E-state index contributed by atoms with van der Waals surface area (Å²) in [7, 11) is 0. The molecule has 1 aromatic carbocycles. The first-order chi connectivity index (χ1) is 5.15. The predicted octanol–water partition coefficient (Wildman–Crippen LogP) is 3.47. The summed E-state index contributed by atoms with van der Waals surface area (Å²) in [6, 6.07) is 2.14. The number of benzene rings is 1. The van der Waals surface area contributed by atoms with Crippen molar-refractivity contribution in [3.63, 3.8) is 0 Å². The Morgan fingerprint density at radius 2 is 2.00 bits per heavy atom. The molecule has 0 aliphatic heterocycles. The van der Waals surface area contributed by atoms with Gasteiger partial charge in [0, 0.05) is 5.56 Å². The van der Waals surface area contributed by atoms with Crippen molar-refractivity contribution in [3.8, 4) is 0 Å². The van der Waals surface area contributed by atoms with Gasteiger partial charge in [-0.15, -0.1) is 11.6 Å². The molecule has 0 fully saturated rings. The third kappa shape index (κ3) is 1.91. The molecule has 0 spiro atoms. The van der Waals surface area contributed by atoms with Crippen LogP contribution in [0.1, 0.15) is 5.56 Å². The minimum atomic E-state index is -0.499. The summed E-state index contributed by atoms with van der Waals surface area (Å²) in [5, 5.41) is 0. The van der Waals surface area contributed by atoms with E-state index in [2.05, 4.69) is 15.9 Å². The molecule has 11 heavy (non-hydrogen) atoms. The molecule has 0 saturated carbocycles. The Labute approximate surface area is 76.3 Å². The van der Waals surface area contributed by atoms with Crippen LogP contribution < -0.4 is 0 Å². The highest BCUT2D eigenvalue weighted by Crippen LogP contribution is 2.21. The van der Waals surface area contributed by atoms with Crippen LogP contribution in [0.25, 0.3) is 0 Å². The van der Waals surface area contributed by atoms with Crippen LogP contribution in [0.2, 0.25) is 0 Å². The summed E-state index contributed by atoms with van der Waals surface area (Å²) in [6.45, 7) is 0. The normalized spacial score (nSPS) is 10.2. The van der Waals surface area contributed by atoms with Gasteiger partial charge in [0.25, 0.3) is 0 Å². The van der Waals surface area contributed by atoms with Crippen molar-refractivity contribution in [2.24, 2.45) is 0 Å². The lowest BCUT2D eigenvalue weighted by molar-refractivity contribution is 0.585. The van der Waals surface area contributed by atoms with Gasteiger partial charge in [-0.2, -0.15) is 0 Å². The highest BCUT2D eigenvalue weighted by Gasteiger charge is 2.07. The average molecular weight is 241 g/mol. The van der Waals surface area contributed by atoms with Crippen molar-refractivity contribution in [1.82, 2.24) is 0 Å². The Balaban J connectivity index is 3.24. The Hall–Kier alpha value is -0.150. The van der Waals surface area contributed by atoms with E-state index in [-0.39, 0.29) is 15.9 Å². The van der Waals surface area contributed by atoms with Crippen LogP contribution in [0.5, 0.6) is 0 Å². The third-order valence-electron chi connectivity index (χ3n) is 1.21. The van der Waals surface area contributed by atoms with Gasteiger partial charge in [-0.1, -0.05) is 0 Å². The number of hydrogen-bond acceptors (Lipinski definition) is 0.